The lowest BCUT2D eigenvalue weighted by atomic mass is 10.0. The molecule has 3 N–H and O–H groups in total. The molecule has 0 saturated heterocycles. The molecule has 0 aliphatic carbocycles. The number of aliphatic hydroxyl groups is 2. The van der Waals surface area contributed by atoms with E-state index in [-0.39, 0.29) is 6.10 Å². The highest BCUT2D eigenvalue weighted by molar-refractivity contribution is 4.74. The topological polar surface area (TPSA) is 55.7 Å². The van der Waals surface area contributed by atoms with Crippen LogP contribution in [-0.2, 0) is 0 Å². The third kappa shape index (κ3) is 7.26. The van der Waals surface area contributed by atoms with Gasteiger partial charge in [0, 0.05) is 19.6 Å². The smallest absolute Gasteiger partial charge is 0.0791 e. The summed E-state index contributed by atoms with van der Waals surface area (Å²) in [6, 6.07) is 0. The third-order valence-electron chi connectivity index (χ3n) is 2.22. The van der Waals surface area contributed by atoms with E-state index >= 15 is 0 Å². The molecule has 2 unspecified atom stereocenters. The molecule has 4 heteroatoms. The Kier molecular flexibility index (Phi) is 6.27. The van der Waals surface area contributed by atoms with E-state index in [1.165, 1.54) is 0 Å². The van der Waals surface area contributed by atoms with Gasteiger partial charge in [-0.15, -0.1) is 0 Å². The molecule has 2 atom stereocenters. The van der Waals surface area contributed by atoms with Gasteiger partial charge in [-0.3, -0.25) is 0 Å². The minimum Gasteiger partial charge on any atom is -0.390 e. The Morgan fingerprint density at radius 1 is 1.43 bits per heavy atom. The summed E-state index contributed by atoms with van der Waals surface area (Å²) >= 11 is 0. The van der Waals surface area contributed by atoms with E-state index in [4.69, 9.17) is 0 Å². The molecule has 0 radical (unpaired) electrons. The van der Waals surface area contributed by atoms with Crippen molar-refractivity contribution in [1.29, 1.82) is 0 Å². The molecule has 0 saturated carbocycles. The van der Waals surface area contributed by atoms with Crippen molar-refractivity contribution < 1.29 is 10.2 Å². The van der Waals surface area contributed by atoms with Crippen LogP contribution in [0.4, 0.5) is 0 Å². The van der Waals surface area contributed by atoms with Crippen LogP contribution in [0.25, 0.3) is 0 Å². The molecule has 0 rings (SSSR count). The fourth-order valence-corrected chi connectivity index (χ4v) is 1.12. The van der Waals surface area contributed by atoms with Crippen molar-refractivity contribution in [2.75, 3.05) is 33.7 Å². The highest BCUT2D eigenvalue weighted by Gasteiger charge is 2.17. The SMILES string of the molecule is CCC(C)(O)CNCC(O)CN(C)C. The standard InChI is InChI=1S/C10H24N2O2/c1-5-10(2,14)8-11-6-9(13)7-12(3)4/h9,11,13-14H,5-8H2,1-4H3. The van der Waals surface area contributed by atoms with E-state index in [1.54, 1.807) is 6.92 Å². The normalized spacial score (nSPS) is 18.2. The average Bonchev–Trinajstić information content (AvgIpc) is 2.02. The monoisotopic (exact) mass is 204 g/mol. The van der Waals surface area contributed by atoms with Crippen LogP contribution >= 0.6 is 0 Å². The highest BCUT2D eigenvalue weighted by atomic mass is 16.3. The molecule has 0 aromatic rings. The first-order valence-corrected chi connectivity index (χ1v) is 5.13. The maximum atomic E-state index is 9.66. The van der Waals surface area contributed by atoms with Crippen molar-refractivity contribution in [2.45, 2.75) is 32.0 Å². The number of hydrogen-bond donors (Lipinski definition) is 3. The van der Waals surface area contributed by atoms with E-state index in [0.717, 1.165) is 0 Å². The Morgan fingerprint density at radius 2 is 2.00 bits per heavy atom. The van der Waals surface area contributed by atoms with Crippen molar-refractivity contribution in [3.8, 4) is 0 Å². The maximum Gasteiger partial charge on any atom is 0.0791 e. The van der Waals surface area contributed by atoms with Crippen molar-refractivity contribution in [2.24, 2.45) is 0 Å². The van der Waals surface area contributed by atoms with E-state index in [1.807, 2.05) is 25.9 Å². The summed E-state index contributed by atoms with van der Waals surface area (Å²) in [6.45, 7) is 5.42. The second kappa shape index (κ2) is 6.35. The lowest BCUT2D eigenvalue weighted by molar-refractivity contribution is 0.0501. The first-order valence-electron chi connectivity index (χ1n) is 5.13. The van der Waals surface area contributed by atoms with Gasteiger partial charge in [0.05, 0.1) is 11.7 Å². The Balaban J connectivity index is 3.53. The molecule has 0 aromatic carbocycles. The molecular formula is C10H24N2O2. The van der Waals surface area contributed by atoms with Gasteiger partial charge in [0.15, 0.2) is 0 Å². The molecule has 14 heavy (non-hydrogen) atoms. The van der Waals surface area contributed by atoms with E-state index in [2.05, 4.69) is 5.32 Å². The van der Waals surface area contributed by atoms with Crippen LogP contribution in [0.15, 0.2) is 0 Å². The predicted molar refractivity (Wildman–Crippen MR) is 58.3 cm³/mol. The van der Waals surface area contributed by atoms with Gasteiger partial charge in [-0.2, -0.15) is 0 Å². The van der Waals surface area contributed by atoms with Crippen molar-refractivity contribution >= 4 is 0 Å². The van der Waals surface area contributed by atoms with Crippen LogP contribution in [0, 0.1) is 0 Å². The number of aliphatic hydroxyl groups excluding tert-OH is 1. The van der Waals surface area contributed by atoms with Crippen LogP contribution in [0.3, 0.4) is 0 Å². The van der Waals surface area contributed by atoms with Crippen molar-refractivity contribution in [1.82, 2.24) is 10.2 Å². The Morgan fingerprint density at radius 3 is 2.43 bits per heavy atom. The summed E-state index contributed by atoms with van der Waals surface area (Å²) in [4.78, 5) is 1.93. The predicted octanol–water partition coefficient (Wildman–Crippen LogP) is -0.340. The van der Waals surface area contributed by atoms with E-state index in [0.29, 0.717) is 26.1 Å². The average molecular weight is 204 g/mol. The maximum absolute atomic E-state index is 9.66. The van der Waals surface area contributed by atoms with Gasteiger partial charge in [0.1, 0.15) is 0 Å². The molecule has 0 heterocycles. The third-order valence-corrected chi connectivity index (χ3v) is 2.22. The van der Waals surface area contributed by atoms with Crippen LogP contribution in [0.1, 0.15) is 20.3 Å². The molecule has 0 bridgehead atoms. The van der Waals surface area contributed by atoms with Gasteiger partial charge >= 0.3 is 0 Å². The largest absolute Gasteiger partial charge is 0.390 e. The zero-order valence-electron chi connectivity index (χ0n) is 9.75. The first kappa shape index (κ1) is 13.8. The van der Waals surface area contributed by atoms with Crippen LogP contribution in [-0.4, -0.2) is 60.5 Å². The minimum atomic E-state index is -0.669. The molecule has 0 spiro atoms. The summed E-state index contributed by atoms with van der Waals surface area (Å²) in [5.41, 5.74) is -0.669. The number of likely N-dealkylation sites (N-methyl/N-ethyl adjacent to an activating group) is 1. The summed E-state index contributed by atoms with van der Waals surface area (Å²) in [5.74, 6) is 0. The van der Waals surface area contributed by atoms with Gasteiger partial charge in [0.25, 0.3) is 0 Å². The molecule has 0 amide bonds. The molecule has 0 aromatic heterocycles. The molecule has 86 valence electrons. The van der Waals surface area contributed by atoms with Crippen LogP contribution in [0.2, 0.25) is 0 Å². The first-order chi connectivity index (χ1) is 6.37. The van der Waals surface area contributed by atoms with Gasteiger partial charge < -0.3 is 20.4 Å². The fraction of sp³-hybridized carbons (Fsp3) is 1.00. The number of nitrogens with zero attached hydrogens (tertiary/aromatic N) is 1. The van der Waals surface area contributed by atoms with Crippen LogP contribution in [0.5, 0.6) is 0 Å². The Labute approximate surface area is 86.9 Å². The summed E-state index contributed by atoms with van der Waals surface area (Å²) < 4.78 is 0. The molecule has 0 aliphatic heterocycles. The molecule has 0 fully saturated rings. The quantitative estimate of drug-likeness (QED) is 0.531. The minimum absolute atomic E-state index is 0.377. The summed E-state index contributed by atoms with van der Waals surface area (Å²) in [5, 5.41) is 22.2. The zero-order valence-corrected chi connectivity index (χ0v) is 9.75. The van der Waals surface area contributed by atoms with Gasteiger partial charge in [-0.1, -0.05) is 6.92 Å². The molecular weight excluding hydrogens is 180 g/mol. The van der Waals surface area contributed by atoms with Gasteiger partial charge in [-0.25, -0.2) is 0 Å². The molecule has 0 aliphatic rings. The Hall–Kier alpha value is -0.160. The van der Waals surface area contributed by atoms with Crippen molar-refractivity contribution in [3.63, 3.8) is 0 Å². The lowest BCUT2D eigenvalue weighted by Crippen LogP contribution is -2.42. The van der Waals surface area contributed by atoms with Gasteiger partial charge in [-0.05, 0) is 27.4 Å². The van der Waals surface area contributed by atoms with E-state index < -0.39 is 5.60 Å². The Bertz CT molecular complexity index is 149. The summed E-state index contributed by atoms with van der Waals surface area (Å²) in [7, 11) is 3.84. The number of nitrogens with one attached hydrogen (secondary N) is 1. The summed E-state index contributed by atoms with van der Waals surface area (Å²) in [6.07, 6.45) is 0.335. The highest BCUT2D eigenvalue weighted by Crippen LogP contribution is 2.05. The second-order valence-corrected chi connectivity index (χ2v) is 4.40. The number of rotatable bonds is 7. The van der Waals surface area contributed by atoms with Gasteiger partial charge in [0.2, 0.25) is 0 Å². The molecule has 4 nitrogen and oxygen atoms in total. The number of hydrogen-bond acceptors (Lipinski definition) is 4. The second-order valence-electron chi connectivity index (χ2n) is 4.40. The van der Waals surface area contributed by atoms with E-state index in [9.17, 15) is 10.2 Å². The zero-order chi connectivity index (χ0) is 11.2. The lowest BCUT2D eigenvalue weighted by Gasteiger charge is -2.23. The fourth-order valence-electron chi connectivity index (χ4n) is 1.12. The van der Waals surface area contributed by atoms with Crippen molar-refractivity contribution in [3.05, 3.63) is 0 Å². The van der Waals surface area contributed by atoms with Crippen LogP contribution < -0.4 is 5.32 Å².